The van der Waals surface area contributed by atoms with Crippen molar-refractivity contribution in [2.24, 2.45) is 5.73 Å². The van der Waals surface area contributed by atoms with Gasteiger partial charge in [0.05, 0.1) is 6.42 Å². The molecule has 0 radical (unpaired) electrons. The quantitative estimate of drug-likeness (QED) is 0.721. The zero-order valence-electron chi connectivity index (χ0n) is 11.3. The van der Waals surface area contributed by atoms with E-state index in [-0.39, 0.29) is 5.91 Å². The summed E-state index contributed by atoms with van der Waals surface area (Å²) in [6, 6.07) is 15.3. The second-order valence-electron chi connectivity index (χ2n) is 4.67. The normalized spacial score (nSPS) is 10.2. The van der Waals surface area contributed by atoms with Gasteiger partial charge in [-0.2, -0.15) is 0 Å². The van der Waals surface area contributed by atoms with E-state index in [2.05, 4.69) is 5.32 Å². The smallest absolute Gasteiger partial charge is 0.224 e. The van der Waals surface area contributed by atoms with Gasteiger partial charge in [-0.25, -0.2) is 0 Å². The van der Waals surface area contributed by atoms with Crippen LogP contribution in [0.3, 0.4) is 0 Å². The second kappa shape index (κ2) is 6.73. The summed E-state index contributed by atoms with van der Waals surface area (Å²) in [7, 11) is 0. The van der Waals surface area contributed by atoms with Crippen LogP contribution in [0.1, 0.15) is 16.7 Å². The molecule has 20 heavy (non-hydrogen) atoms. The van der Waals surface area contributed by atoms with E-state index in [1.54, 1.807) is 6.07 Å². The van der Waals surface area contributed by atoms with Gasteiger partial charge in [0.25, 0.3) is 0 Å². The number of rotatable bonds is 5. The number of hydrogen-bond acceptors (Lipinski definition) is 3. The van der Waals surface area contributed by atoms with Crippen LogP contribution in [0.2, 0.25) is 0 Å². The highest BCUT2D eigenvalue weighted by Gasteiger charge is 2.05. The fraction of sp³-hybridized carbons (Fsp3) is 0.188. The van der Waals surface area contributed by atoms with Crippen LogP contribution in [0.25, 0.3) is 0 Å². The maximum absolute atomic E-state index is 11.9. The van der Waals surface area contributed by atoms with Crippen molar-refractivity contribution in [3.8, 4) is 0 Å². The number of benzene rings is 2. The van der Waals surface area contributed by atoms with Crippen molar-refractivity contribution >= 4 is 11.6 Å². The third-order valence-electron chi connectivity index (χ3n) is 3.15. The molecule has 0 saturated heterocycles. The lowest BCUT2D eigenvalue weighted by molar-refractivity contribution is -0.120. The lowest BCUT2D eigenvalue weighted by Gasteiger charge is -2.08. The van der Waals surface area contributed by atoms with Crippen molar-refractivity contribution < 1.29 is 4.79 Å². The fourth-order valence-electron chi connectivity index (χ4n) is 1.92. The molecule has 104 valence electrons. The Labute approximate surface area is 118 Å². The lowest BCUT2D eigenvalue weighted by Crippen LogP contribution is -2.24. The molecule has 0 aliphatic carbocycles. The topological polar surface area (TPSA) is 81.1 Å². The standard InChI is InChI=1S/C16H19N3O/c17-10-12-5-7-13(8-6-12)11-19-16(20)9-14-3-1-2-4-15(14)18/h1-8H,9-11,17-18H2,(H,19,20). The van der Waals surface area contributed by atoms with Gasteiger partial charge in [0.1, 0.15) is 0 Å². The maximum atomic E-state index is 11.9. The highest BCUT2D eigenvalue weighted by atomic mass is 16.1. The molecule has 0 fully saturated rings. The number of nitrogen functional groups attached to an aromatic ring is 1. The zero-order valence-corrected chi connectivity index (χ0v) is 11.3. The van der Waals surface area contributed by atoms with Crippen LogP contribution in [0.15, 0.2) is 48.5 Å². The van der Waals surface area contributed by atoms with Crippen LogP contribution in [-0.2, 0) is 24.3 Å². The Morgan fingerprint density at radius 1 is 1.00 bits per heavy atom. The predicted molar refractivity (Wildman–Crippen MR) is 80.7 cm³/mol. The zero-order chi connectivity index (χ0) is 14.4. The molecule has 0 unspecified atom stereocenters. The Hall–Kier alpha value is -2.33. The number of hydrogen-bond donors (Lipinski definition) is 3. The van der Waals surface area contributed by atoms with Crippen molar-refractivity contribution in [1.29, 1.82) is 0 Å². The van der Waals surface area contributed by atoms with Crippen molar-refractivity contribution in [3.63, 3.8) is 0 Å². The van der Waals surface area contributed by atoms with E-state index in [4.69, 9.17) is 11.5 Å². The van der Waals surface area contributed by atoms with E-state index in [0.29, 0.717) is 25.2 Å². The van der Waals surface area contributed by atoms with E-state index in [1.807, 2.05) is 42.5 Å². The molecule has 1 amide bonds. The Bertz CT molecular complexity index is 579. The molecule has 2 aromatic rings. The summed E-state index contributed by atoms with van der Waals surface area (Å²) < 4.78 is 0. The first-order chi connectivity index (χ1) is 9.69. The number of nitrogens with one attached hydrogen (secondary N) is 1. The van der Waals surface area contributed by atoms with Gasteiger partial charge in [0.15, 0.2) is 0 Å². The van der Waals surface area contributed by atoms with E-state index >= 15 is 0 Å². The number of nitrogens with two attached hydrogens (primary N) is 2. The monoisotopic (exact) mass is 269 g/mol. The van der Waals surface area contributed by atoms with Crippen molar-refractivity contribution in [2.45, 2.75) is 19.5 Å². The number of amides is 1. The molecule has 2 rings (SSSR count). The molecular formula is C16H19N3O. The number of para-hydroxylation sites is 1. The SMILES string of the molecule is NCc1ccc(CNC(=O)Cc2ccccc2N)cc1. The summed E-state index contributed by atoms with van der Waals surface area (Å²) >= 11 is 0. The Balaban J connectivity index is 1.87. The van der Waals surface area contributed by atoms with Crippen LogP contribution >= 0.6 is 0 Å². The number of carbonyl (C=O) groups excluding carboxylic acids is 1. The summed E-state index contributed by atoms with van der Waals surface area (Å²) in [5.74, 6) is -0.0363. The molecule has 0 saturated carbocycles. The molecule has 0 aliphatic rings. The Morgan fingerprint density at radius 2 is 1.65 bits per heavy atom. The van der Waals surface area contributed by atoms with Gasteiger partial charge in [-0.15, -0.1) is 0 Å². The lowest BCUT2D eigenvalue weighted by atomic mass is 10.1. The summed E-state index contributed by atoms with van der Waals surface area (Å²) in [5.41, 5.74) is 15.0. The fourth-order valence-corrected chi connectivity index (χ4v) is 1.92. The third kappa shape index (κ3) is 3.83. The van der Waals surface area contributed by atoms with Crippen LogP contribution in [0, 0.1) is 0 Å². The molecule has 0 bridgehead atoms. The van der Waals surface area contributed by atoms with Crippen molar-refractivity contribution in [1.82, 2.24) is 5.32 Å². The molecule has 0 heterocycles. The number of anilines is 1. The first-order valence-electron chi connectivity index (χ1n) is 6.57. The van der Waals surface area contributed by atoms with Gasteiger partial charge < -0.3 is 16.8 Å². The molecular weight excluding hydrogens is 250 g/mol. The largest absolute Gasteiger partial charge is 0.398 e. The molecule has 4 nitrogen and oxygen atoms in total. The molecule has 0 aliphatic heterocycles. The Kier molecular flexibility index (Phi) is 4.74. The minimum Gasteiger partial charge on any atom is -0.398 e. The van der Waals surface area contributed by atoms with Gasteiger partial charge in [0, 0.05) is 18.8 Å². The molecule has 4 heteroatoms. The van der Waals surface area contributed by atoms with Crippen LogP contribution in [0.4, 0.5) is 5.69 Å². The minimum absolute atomic E-state index is 0.0363. The maximum Gasteiger partial charge on any atom is 0.224 e. The summed E-state index contributed by atoms with van der Waals surface area (Å²) in [6.45, 7) is 1.04. The highest BCUT2D eigenvalue weighted by Crippen LogP contribution is 2.11. The third-order valence-corrected chi connectivity index (χ3v) is 3.15. The van der Waals surface area contributed by atoms with E-state index in [0.717, 1.165) is 16.7 Å². The van der Waals surface area contributed by atoms with Crippen LogP contribution in [0.5, 0.6) is 0 Å². The van der Waals surface area contributed by atoms with E-state index < -0.39 is 0 Å². The van der Waals surface area contributed by atoms with Crippen LogP contribution < -0.4 is 16.8 Å². The second-order valence-corrected chi connectivity index (χ2v) is 4.67. The minimum atomic E-state index is -0.0363. The summed E-state index contributed by atoms with van der Waals surface area (Å²) in [6.07, 6.45) is 0.299. The van der Waals surface area contributed by atoms with Crippen molar-refractivity contribution in [3.05, 3.63) is 65.2 Å². The highest BCUT2D eigenvalue weighted by molar-refractivity contribution is 5.80. The first kappa shape index (κ1) is 14.1. The van der Waals surface area contributed by atoms with E-state index in [1.165, 1.54) is 0 Å². The number of carbonyl (C=O) groups is 1. The molecule has 0 atom stereocenters. The molecule has 5 N–H and O–H groups in total. The first-order valence-corrected chi connectivity index (χ1v) is 6.57. The summed E-state index contributed by atoms with van der Waals surface area (Å²) in [4.78, 5) is 11.9. The average molecular weight is 269 g/mol. The van der Waals surface area contributed by atoms with E-state index in [9.17, 15) is 4.79 Å². The molecule has 2 aromatic carbocycles. The van der Waals surface area contributed by atoms with Gasteiger partial charge in [-0.05, 0) is 22.8 Å². The van der Waals surface area contributed by atoms with Gasteiger partial charge >= 0.3 is 0 Å². The molecule has 0 spiro atoms. The molecule has 0 aromatic heterocycles. The summed E-state index contributed by atoms with van der Waals surface area (Å²) in [5, 5.41) is 2.89. The average Bonchev–Trinajstić information content (AvgIpc) is 2.48. The van der Waals surface area contributed by atoms with Crippen molar-refractivity contribution in [2.75, 3.05) is 5.73 Å². The van der Waals surface area contributed by atoms with Gasteiger partial charge in [-0.3, -0.25) is 4.79 Å². The van der Waals surface area contributed by atoms with Gasteiger partial charge in [0.2, 0.25) is 5.91 Å². The van der Waals surface area contributed by atoms with Gasteiger partial charge in [-0.1, -0.05) is 42.5 Å². The van der Waals surface area contributed by atoms with Crippen LogP contribution in [-0.4, -0.2) is 5.91 Å². The predicted octanol–water partition coefficient (Wildman–Crippen LogP) is 1.59. The Morgan fingerprint density at radius 3 is 2.30 bits per heavy atom.